The number of carboxylic acids is 1. The van der Waals surface area contributed by atoms with Gasteiger partial charge in [-0.15, -0.1) is 0 Å². The Hall–Kier alpha value is -3.07. The Kier molecular flexibility index (Phi) is 3.30. The summed E-state index contributed by atoms with van der Waals surface area (Å²) in [5.41, 5.74) is 5.90. The number of rotatable bonds is 3. The number of nitrogen functional groups attached to an aromatic ring is 1. The smallest absolute Gasteiger partial charge is 0.338 e. The molecule has 0 saturated carbocycles. The molecule has 1 heterocycles. The predicted molar refractivity (Wildman–Crippen MR) is 66.8 cm³/mol. The zero-order chi connectivity index (χ0) is 13.8. The summed E-state index contributed by atoms with van der Waals surface area (Å²) in [7, 11) is 0. The van der Waals surface area contributed by atoms with Gasteiger partial charge in [-0.05, 0) is 18.2 Å². The Morgan fingerprint density at radius 1 is 1.42 bits per heavy atom. The highest BCUT2D eigenvalue weighted by Crippen LogP contribution is 2.23. The van der Waals surface area contributed by atoms with Crippen molar-refractivity contribution in [1.29, 1.82) is 5.26 Å². The fourth-order valence-electron chi connectivity index (χ4n) is 1.44. The fourth-order valence-corrected chi connectivity index (χ4v) is 1.44. The lowest BCUT2D eigenvalue weighted by atomic mass is 10.2. The molecular weight excluding hydrogens is 246 g/mol. The number of pyridine rings is 1. The second-order valence-electron chi connectivity index (χ2n) is 3.66. The summed E-state index contributed by atoms with van der Waals surface area (Å²) >= 11 is 0. The molecule has 0 bridgehead atoms. The minimum Gasteiger partial charge on any atom is -0.478 e. The Labute approximate surface area is 108 Å². The predicted octanol–water partition coefficient (Wildman–Crippen LogP) is 2.03. The highest BCUT2D eigenvalue weighted by molar-refractivity contribution is 5.93. The normalized spacial score (nSPS) is 9.63. The molecule has 0 spiro atoms. The summed E-state index contributed by atoms with van der Waals surface area (Å²) in [6, 6.07) is 9.66. The molecule has 0 amide bonds. The number of nitriles is 1. The van der Waals surface area contributed by atoms with Gasteiger partial charge in [-0.3, -0.25) is 0 Å². The maximum Gasteiger partial charge on any atom is 0.338 e. The minimum absolute atomic E-state index is 0.0608. The number of aromatic carboxylic acids is 1. The summed E-state index contributed by atoms with van der Waals surface area (Å²) in [5.74, 6) is -0.662. The van der Waals surface area contributed by atoms with Crippen molar-refractivity contribution in [3.63, 3.8) is 0 Å². The molecule has 0 aliphatic heterocycles. The molecule has 2 aromatic rings. The van der Waals surface area contributed by atoms with Crippen LogP contribution in [-0.4, -0.2) is 16.1 Å². The van der Waals surface area contributed by atoms with Gasteiger partial charge in [-0.1, -0.05) is 6.07 Å². The summed E-state index contributed by atoms with van der Waals surface area (Å²) in [4.78, 5) is 14.8. The lowest BCUT2D eigenvalue weighted by Crippen LogP contribution is -2.03. The Morgan fingerprint density at radius 2 is 2.21 bits per heavy atom. The largest absolute Gasteiger partial charge is 0.478 e. The van der Waals surface area contributed by atoms with E-state index >= 15 is 0 Å². The van der Waals surface area contributed by atoms with Crippen LogP contribution in [0.1, 0.15) is 15.9 Å². The number of aromatic nitrogens is 1. The van der Waals surface area contributed by atoms with Gasteiger partial charge in [-0.25, -0.2) is 9.78 Å². The van der Waals surface area contributed by atoms with Crippen LogP contribution in [-0.2, 0) is 0 Å². The highest BCUT2D eigenvalue weighted by atomic mass is 16.5. The zero-order valence-corrected chi connectivity index (χ0v) is 9.70. The Bertz CT molecular complexity index is 677. The van der Waals surface area contributed by atoms with Gasteiger partial charge in [0.15, 0.2) is 0 Å². The SMILES string of the molecule is N#Cc1cccc(Oc2cc(C(=O)O)c(N)cn2)c1. The van der Waals surface area contributed by atoms with Crippen LogP contribution in [0.5, 0.6) is 11.6 Å². The number of hydrogen-bond acceptors (Lipinski definition) is 5. The van der Waals surface area contributed by atoms with Crippen LogP contribution in [0.25, 0.3) is 0 Å². The van der Waals surface area contributed by atoms with Crippen LogP contribution in [0, 0.1) is 11.3 Å². The van der Waals surface area contributed by atoms with Crippen molar-refractivity contribution in [2.24, 2.45) is 0 Å². The van der Waals surface area contributed by atoms with Gasteiger partial charge in [0, 0.05) is 6.07 Å². The zero-order valence-electron chi connectivity index (χ0n) is 9.70. The first-order chi connectivity index (χ1) is 9.10. The molecule has 6 heteroatoms. The lowest BCUT2D eigenvalue weighted by molar-refractivity contribution is 0.0697. The van der Waals surface area contributed by atoms with Gasteiger partial charge in [0.25, 0.3) is 0 Å². The average molecular weight is 255 g/mol. The van der Waals surface area contributed by atoms with Crippen LogP contribution in [0.2, 0.25) is 0 Å². The minimum atomic E-state index is -1.16. The van der Waals surface area contributed by atoms with Crippen LogP contribution < -0.4 is 10.5 Å². The van der Waals surface area contributed by atoms with Gasteiger partial charge in [-0.2, -0.15) is 5.26 Å². The number of ether oxygens (including phenoxy) is 1. The van der Waals surface area contributed by atoms with Crippen molar-refractivity contribution < 1.29 is 14.6 Å². The second kappa shape index (κ2) is 5.06. The Morgan fingerprint density at radius 3 is 2.89 bits per heavy atom. The van der Waals surface area contributed by atoms with E-state index in [1.54, 1.807) is 18.2 Å². The van der Waals surface area contributed by atoms with Crippen molar-refractivity contribution >= 4 is 11.7 Å². The molecule has 3 N–H and O–H groups in total. The van der Waals surface area contributed by atoms with E-state index in [-0.39, 0.29) is 17.1 Å². The number of benzene rings is 1. The van der Waals surface area contributed by atoms with Crippen molar-refractivity contribution in [3.05, 3.63) is 47.7 Å². The molecule has 1 aromatic heterocycles. The first-order valence-electron chi connectivity index (χ1n) is 5.27. The van der Waals surface area contributed by atoms with E-state index in [2.05, 4.69) is 4.98 Å². The van der Waals surface area contributed by atoms with Gasteiger partial charge >= 0.3 is 5.97 Å². The van der Waals surface area contributed by atoms with Crippen molar-refractivity contribution in [1.82, 2.24) is 4.98 Å². The quantitative estimate of drug-likeness (QED) is 0.868. The molecule has 0 fully saturated rings. The number of hydrogen-bond donors (Lipinski definition) is 2. The summed E-state index contributed by atoms with van der Waals surface area (Å²) in [6.45, 7) is 0. The summed E-state index contributed by atoms with van der Waals surface area (Å²) < 4.78 is 5.39. The molecule has 6 nitrogen and oxygen atoms in total. The fraction of sp³-hybridized carbons (Fsp3) is 0. The number of nitrogens with zero attached hydrogens (tertiary/aromatic N) is 2. The van der Waals surface area contributed by atoms with Gasteiger partial charge in [0.05, 0.1) is 29.1 Å². The van der Waals surface area contributed by atoms with E-state index in [1.165, 1.54) is 18.3 Å². The van der Waals surface area contributed by atoms with Gasteiger partial charge < -0.3 is 15.6 Å². The van der Waals surface area contributed by atoms with Crippen molar-refractivity contribution in [2.45, 2.75) is 0 Å². The first kappa shape index (κ1) is 12.4. The topological polar surface area (TPSA) is 109 Å². The van der Waals surface area contributed by atoms with Crippen LogP contribution in [0.15, 0.2) is 36.5 Å². The van der Waals surface area contributed by atoms with E-state index in [0.29, 0.717) is 11.3 Å². The number of carboxylic acid groups (broad SMARTS) is 1. The molecule has 0 aliphatic carbocycles. The van der Waals surface area contributed by atoms with Crippen LogP contribution >= 0.6 is 0 Å². The first-order valence-corrected chi connectivity index (χ1v) is 5.27. The lowest BCUT2D eigenvalue weighted by Gasteiger charge is -2.06. The van der Waals surface area contributed by atoms with Crippen molar-refractivity contribution in [3.8, 4) is 17.7 Å². The van der Waals surface area contributed by atoms with Crippen molar-refractivity contribution in [2.75, 3.05) is 5.73 Å². The number of anilines is 1. The molecule has 0 unspecified atom stereocenters. The third-order valence-corrected chi connectivity index (χ3v) is 2.33. The van der Waals surface area contributed by atoms with E-state index in [1.807, 2.05) is 6.07 Å². The molecule has 2 rings (SSSR count). The molecular formula is C13H9N3O3. The van der Waals surface area contributed by atoms with E-state index in [4.69, 9.17) is 20.8 Å². The molecule has 19 heavy (non-hydrogen) atoms. The van der Waals surface area contributed by atoms with Gasteiger partial charge in [0.2, 0.25) is 5.88 Å². The average Bonchev–Trinajstić information content (AvgIpc) is 2.41. The summed E-state index contributed by atoms with van der Waals surface area (Å²) in [5, 5.41) is 17.7. The third kappa shape index (κ3) is 2.79. The monoisotopic (exact) mass is 255 g/mol. The van der Waals surface area contributed by atoms with E-state index in [0.717, 1.165) is 0 Å². The molecule has 1 aromatic carbocycles. The second-order valence-corrected chi connectivity index (χ2v) is 3.66. The maximum atomic E-state index is 10.9. The molecule has 0 atom stereocenters. The molecule has 0 aliphatic rings. The Balaban J connectivity index is 2.31. The molecule has 0 saturated heterocycles. The van der Waals surface area contributed by atoms with Crippen LogP contribution in [0.3, 0.4) is 0 Å². The third-order valence-electron chi connectivity index (χ3n) is 2.33. The highest BCUT2D eigenvalue weighted by Gasteiger charge is 2.11. The number of nitrogens with two attached hydrogens (primary N) is 1. The van der Waals surface area contributed by atoms with E-state index < -0.39 is 5.97 Å². The molecule has 94 valence electrons. The van der Waals surface area contributed by atoms with Gasteiger partial charge in [0.1, 0.15) is 5.75 Å². The molecule has 0 radical (unpaired) electrons. The maximum absolute atomic E-state index is 10.9. The van der Waals surface area contributed by atoms with E-state index in [9.17, 15) is 4.79 Å². The van der Waals surface area contributed by atoms with Crippen LogP contribution in [0.4, 0.5) is 5.69 Å². The standard InChI is InChI=1S/C13H9N3O3/c14-6-8-2-1-3-9(4-8)19-12-5-10(13(17)18)11(15)7-16-12/h1-5,7H,15H2,(H,17,18). The number of carbonyl (C=O) groups is 1. The summed E-state index contributed by atoms with van der Waals surface area (Å²) in [6.07, 6.45) is 1.22.